The van der Waals surface area contributed by atoms with Gasteiger partial charge in [-0.25, -0.2) is 19.0 Å². The fraction of sp³-hybridized carbons (Fsp3) is 0.370. The Morgan fingerprint density at radius 3 is 2.78 bits per heavy atom. The van der Waals surface area contributed by atoms with E-state index in [1.54, 1.807) is 10.9 Å². The lowest BCUT2D eigenvalue weighted by Gasteiger charge is -2.30. The van der Waals surface area contributed by atoms with Gasteiger partial charge in [-0.3, -0.25) is 4.98 Å². The third kappa shape index (κ3) is 4.24. The van der Waals surface area contributed by atoms with Crippen LogP contribution in [-0.2, 0) is 6.54 Å². The van der Waals surface area contributed by atoms with Crippen LogP contribution < -0.4 is 11.1 Å². The second-order valence-electron chi connectivity index (χ2n) is 10.1. The second kappa shape index (κ2) is 8.74. The first kappa shape index (κ1) is 22.7. The zero-order valence-corrected chi connectivity index (χ0v) is 20.5. The van der Waals surface area contributed by atoms with E-state index in [1.165, 1.54) is 12.8 Å². The number of nitrogens with one attached hydrogen (secondary N) is 1. The molecule has 1 unspecified atom stereocenters. The van der Waals surface area contributed by atoms with E-state index in [9.17, 15) is 4.39 Å². The molecule has 1 aliphatic heterocycles. The topological polar surface area (TPSA) is 107 Å². The quantitative estimate of drug-likeness (QED) is 0.437. The number of aromatic nitrogens is 6. The third-order valence-electron chi connectivity index (χ3n) is 7.56. The SMILES string of the molecule is Cc1cccc(-c2nc(N)c(F)c(-c3cn(Cc4cccc(C5CCNC6(CC6)C5)n4)nn3)n2)c1C. The molecule has 36 heavy (non-hydrogen) atoms. The van der Waals surface area contributed by atoms with Crippen LogP contribution in [0.1, 0.15) is 54.1 Å². The van der Waals surface area contributed by atoms with E-state index in [1.807, 2.05) is 38.1 Å². The Morgan fingerprint density at radius 2 is 1.94 bits per heavy atom. The summed E-state index contributed by atoms with van der Waals surface area (Å²) < 4.78 is 16.6. The predicted octanol–water partition coefficient (Wildman–Crippen LogP) is 4.18. The van der Waals surface area contributed by atoms with Gasteiger partial charge >= 0.3 is 0 Å². The maximum absolute atomic E-state index is 15.0. The highest BCUT2D eigenvalue weighted by Crippen LogP contribution is 2.46. The molecule has 3 N–H and O–H groups in total. The van der Waals surface area contributed by atoms with E-state index in [0.29, 0.717) is 29.5 Å². The number of piperidine rings is 1. The molecule has 4 aromatic rings. The molecule has 9 heteroatoms. The molecule has 8 nitrogen and oxygen atoms in total. The molecule has 2 aliphatic rings. The van der Waals surface area contributed by atoms with Crippen molar-refractivity contribution in [1.29, 1.82) is 0 Å². The second-order valence-corrected chi connectivity index (χ2v) is 10.1. The minimum Gasteiger partial charge on any atom is -0.381 e. The molecule has 0 radical (unpaired) electrons. The first-order valence-corrected chi connectivity index (χ1v) is 12.4. The number of benzene rings is 1. The average molecular weight is 485 g/mol. The largest absolute Gasteiger partial charge is 0.381 e. The van der Waals surface area contributed by atoms with Crippen molar-refractivity contribution in [2.75, 3.05) is 12.3 Å². The summed E-state index contributed by atoms with van der Waals surface area (Å²) >= 11 is 0. The molecule has 4 heterocycles. The number of hydrogen-bond donors (Lipinski definition) is 2. The fourth-order valence-electron chi connectivity index (χ4n) is 5.15. The van der Waals surface area contributed by atoms with Crippen LogP contribution in [0, 0.1) is 19.7 Å². The molecule has 3 aromatic heterocycles. The number of rotatable bonds is 5. The highest BCUT2D eigenvalue weighted by Gasteiger charge is 2.46. The van der Waals surface area contributed by atoms with Crippen molar-refractivity contribution in [2.45, 2.75) is 57.5 Å². The molecule has 1 saturated heterocycles. The number of nitrogen functional groups attached to an aromatic ring is 1. The smallest absolute Gasteiger partial charge is 0.193 e. The molecular formula is C27H29FN8. The number of anilines is 1. The van der Waals surface area contributed by atoms with Crippen molar-refractivity contribution in [2.24, 2.45) is 0 Å². The normalized spacial score (nSPS) is 18.5. The van der Waals surface area contributed by atoms with Crippen LogP contribution in [0.5, 0.6) is 0 Å². The van der Waals surface area contributed by atoms with Crippen LogP contribution >= 0.6 is 0 Å². The highest BCUT2D eigenvalue weighted by molar-refractivity contribution is 5.67. The van der Waals surface area contributed by atoms with Gasteiger partial charge in [0.15, 0.2) is 17.5 Å². The summed E-state index contributed by atoms with van der Waals surface area (Å²) in [4.78, 5) is 13.6. The van der Waals surface area contributed by atoms with Crippen molar-refractivity contribution in [3.05, 3.63) is 70.9 Å². The summed E-state index contributed by atoms with van der Waals surface area (Å²) in [5.74, 6) is -0.0719. The molecule has 1 atom stereocenters. The molecule has 0 bridgehead atoms. The van der Waals surface area contributed by atoms with Crippen LogP contribution in [0.3, 0.4) is 0 Å². The minimum absolute atomic E-state index is 0.0378. The van der Waals surface area contributed by atoms with Crippen LogP contribution in [-0.4, -0.2) is 42.0 Å². The predicted molar refractivity (Wildman–Crippen MR) is 136 cm³/mol. The van der Waals surface area contributed by atoms with Gasteiger partial charge in [-0.2, -0.15) is 0 Å². The van der Waals surface area contributed by atoms with E-state index in [2.05, 4.69) is 37.7 Å². The van der Waals surface area contributed by atoms with E-state index in [4.69, 9.17) is 10.7 Å². The van der Waals surface area contributed by atoms with Crippen molar-refractivity contribution < 1.29 is 4.39 Å². The van der Waals surface area contributed by atoms with Gasteiger partial charge in [0.05, 0.1) is 18.4 Å². The van der Waals surface area contributed by atoms with E-state index >= 15 is 0 Å². The first-order chi connectivity index (χ1) is 17.4. The minimum atomic E-state index is -0.698. The van der Waals surface area contributed by atoms with Crippen LogP contribution in [0.2, 0.25) is 0 Å². The summed E-state index contributed by atoms with van der Waals surface area (Å²) in [6.07, 6.45) is 6.45. The summed E-state index contributed by atoms with van der Waals surface area (Å²) in [6.45, 7) is 5.47. The number of nitrogens with zero attached hydrogens (tertiary/aromatic N) is 6. The Kier molecular flexibility index (Phi) is 5.52. The van der Waals surface area contributed by atoms with Gasteiger partial charge in [0, 0.05) is 22.7 Å². The van der Waals surface area contributed by atoms with E-state index in [-0.39, 0.29) is 11.5 Å². The van der Waals surface area contributed by atoms with Crippen molar-refractivity contribution in [3.63, 3.8) is 0 Å². The van der Waals surface area contributed by atoms with E-state index in [0.717, 1.165) is 47.5 Å². The number of aryl methyl sites for hydroxylation is 1. The first-order valence-electron chi connectivity index (χ1n) is 12.4. The van der Waals surface area contributed by atoms with Gasteiger partial charge in [-0.15, -0.1) is 5.10 Å². The molecule has 1 aromatic carbocycles. The number of nitrogens with two attached hydrogens (primary N) is 1. The van der Waals surface area contributed by atoms with Gasteiger partial charge in [0.2, 0.25) is 0 Å². The molecule has 1 aliphatic carbocycles. The molecule has 1 spiro atoms. The van der Waals surface area contributed by atoms with Gasteiger partial charge in [-0.1, -0.05) is 29.5 Å². The van der Waals surface area contributed by atoms with Crippen molar-refractivity contribution in [3.8, 4) is 22.8 Å². The highest BCUT2D eigenvalue weighted by atomic mass is 19.1. The standard InChI is InChI=1S/C27H29FN8/c1-16-5-3-7-20(17(16)2)26-32-24(23(28)25(29)33-26)22-15-36(35-34-22)14-19-6-4-8-21(31-19)18-9-12-30-27(13-18)10-11-27/h3-8,15,18,30H,9-14H2,1-2H3,(H2,29,32,33). The maximum Gasteiger partial charge on any atom is 0.193 e. The Labute approximate surface area is 209 Å². The van der Waals surface area contributed by atoms with Crippen LogP contribution in [0.4, 0.5) is 10.2 Å². The summed E-state index contributed by atoms with van der Waals surface area (Å²) in [5, 5.41) is 12.1. The van der Waals surface area contributed by atoms with E-state index < -0.39 is 5.82 Å². The van der Waals surface area contributed by atoms with Gasteiger partial charge in [0.1, 0.15) is 11.4 Å². The molecule has 184 valence electrons. The monoisotopic (exact) mass is 484 g/mol. The maximum atomic E-state index is 15.0. The lowest BCUT2D eigenvalue weighted by atomic mass is 9.88. The lowest BCUT2D eigenvalue weighted by molar-refractivity contribution is 0.341. The number of halogens is 1. The Morgan fingerprint density at radius 1 is 1.11 bits per heavy atom. The summed E-state index contributed by atoms with van der Waals surface area (Å²) in [5.41, 5.74) is 11.6. The van der Waals surface area contributed by atoms with Crippen LogP contribution in [0.25, 0.3) is 22.8 Å². The van der Waals surface area contributed by atoms with Gasteiger partial charge < -0.3 is 11.1 Å². The molecular weight excluding hydrogens is 455 g/mol. The van der Waals surface area contributed by atoms with Crippen LogP contribution in [0.15, 0.2) is 42.6 Å². The molecule has 6 rings (SSSR count). The Hall–Kier alpha value is -3.72. The summed E-state index contributed by atoms with van der Waals surface area (Å²) in [7, 11) is 0. The van der Waals surface area contributed by atoms with Gasteiger partial charge in [-0.05, 0) is 69.3 Å². The third-order valence-corrected chi connectivity index (χ3v) is 7.56. The Balaban J connectivity index is 1.26. The van der Waals surface area contributed by atoms with Crippen molar-refractivity contribution in [1.82, 2.24) is 35.3 Å². The number of pyridine rings is 1. The fourth-order valence-corrected chi connectivity index (χ4v) is 5.15. The zero-order chi connectivity index (χ0) is 24.9. The lowest BCUT2D eigenvalue weighted by Crippen LogP contribution is -2.39. The Bertz CT molecular complexity index is 1440. The van der Waals surface area contributed by atoms with Gasteiger partial charge in [0.25, 0.3) is 0 Å². The molecule has 2 fully saturated rings. The van der Waals surface area contributed by atoms with Crippen molar-refractivity contribution >= 4 is 5.82 Å². The average Bonchev–Trinajstić information content (AvgIpc) is 3.45. The number of hydrogen-bond acceptors (Lipinski definition) is 7. The molecule has 1 saturated carbocycles. The zero-order valence-electron chi connectivity index (χ0n) is 20.5. The molecule has 0 amide bonds. The summed E-state index contributed by atoms with van der Waals surface area (Å²) in [6, 6.07) is 12.0.